The first-order valence-corrected chi connectivity index (χ1v) is 25.7. The van der Waals surface area contributed by atoms with Gasteiger partial charge < -0.3 is 12.3 Å². The van der Waals surface area contributed by atoms with E-state index in [4.69, 9.17) is 13.8 Å². The van der Waals surface area contributed by atoms with Gasteiger partial charge in [-0.2, -0.15) is 5.04 Å². The zero-order chi connectivity index (χ0) is 41.1. The molecular weight excluding hydrogens is 682 g/mol. The third-order valence-corrected chi connectivity index (χ3v) is 32.9. The van der Waals surface area contributed by atoms with Crippen molar-refractivity contribution in [2.75, 3.05) is 0 Å². The minimum atomic E-state index is -2.10. The first kappa shape index (κ1) is 54.3. The Kier molecular flexibility index (Phi) is 19.0. The van der Waals surface area contributed by atoms with Gasteiger partial charge in [-0.3, -0.25) is 4.98 Å². The average molecular weight is 774 g/mol. The molecule has 0 aromatic heterocycles. The van der Waals surface area contributed by atoms with E-state index < -0.39 is 24.7 Å². The van der Waals surface area contributed by atoms with E-state index in [9.17, 15) is 0 Å². The molecule has 292 valence electrons. The standard InChI is InChI=1S/C18H37NSi.C12H28NSi.C12H27NSi.V/c1-12-14-15(13-2)19-20(16(3,4)5,17(6,7)8)18(9,10)11;2*1-10(2,3)14(13,11(4,5)6)12(7,8)9;/h14H,3,12-13H2,1-2,4-11H3;13H,1-9H3;1-9H3;/q2*-1;;+2. The van der Waals surface area contributed by atoms with E-state index >= 15 is 0 Å². The molecular formula is C42H92N3Si3V. The number of hydrogen-bond acceptors (Lipinski definition) is 1. The summed E-state index contributed by atoms with van der Waals surface area (Å²) in [5.41, 5.74) is 0. The molecule has 7 heteroatoms. The Morgan fingerprint density at radius 2 is 0.755 bits per heavy atom. The maximum Gasteiger partial charge on any atom is 0.133 e. The molecule has 0 spiro atoms. The van der Waals surface area contributed by atoms with Crippen molar-refractivity contribution in [3.05, 3.63) is 24.8 Å². The predicted molar refractivity (Wildman–Crippen MR) is 231 cm³/mol. The van der Waals surface area contributed by atoms with Crippen LogP contribution in [0, 0.1) is 19.4 Å². The van der Waals surface area contributed by atoms with Gasteiger partial charge in [0, 0.05) is 6.04 Å². The third-order valence-electron chi connectivity index (χ3n) is 11.0. The van der Waals surface area contributed by atoms with Crippen molar-refractivity contribution < 1.29 is 17.2 Å². The van der Waals surface area contributed by atoms with E-state index in [2.05, 4.69) is 224 Å². The molecule has 0 rings (SSSR count). The molecule has 0 amide bonds. The quantitative estimate of drug-likeness (QED) is 0.183. The minimum absolute atomic E-state index is 0.00843. The topological polar surface area (TPSA) is 50.3 Å². The van der Waals surface area contributed by atoms with Crippen molar-refractivity contribution in [2.24, 2.45) is 3.46 Å². The van der Waals surface area contributed by atoms with Gasteiger partial charge in [0.1, 0.15) is 8.24 Å². The van der Waals surface area contributed by atoms with Crippen LogP contribution in [0.4, 0.5) is 0 Å². The van der Waals surface area contributed by atoms with Gasteiger partial charge in [-0.1, -0.05) is 153 Å². The summed E-state index contributed by atoms with van der Waals surface area (Å²) in [6.07, 6.45) is 4.37. The van der Waals surface area contributed by atoms with Crippen LogP contribution in [0.2, 0.25) is 45.3 Å². The third kappa shape index (κ3) is 12.0. The molecule has 0 saturated carbocycles. The normalized spacial score (nSPS) is 15.4. The van der Waals surface area contributed by atoms with E-state index in [0.29, 0.717) is 0 Å². The van der Waals surface area contributed by atoms with Crippen LogP contribution in [-0.2, 0) is 17.2 Å². The Balaban J connectivity index is -0.000000662. The molecule has 0 aromatic carbocycles. The molecule has 0 heterocycles. The van der Waals surface area contributed by atoms with Crippen molar-refractivity contribution in [3.8, 4) is 0 Å². The van der Waals surface area contributed by atoms with Gasteiger partial charge in [0.25, 0.3) is 0 Å². The molecule has 0 bridgehead atoms. The van der Waals surface area contributed by atoms with Crippen molar-refractivity contribution >= 4 is 24.7 Å². The molecule has 0 fully saturated rings. The molecule has 0 saturated heterocycles. The SMILES string of the molecule is CC(C)(C)[Si]([NH-])(C(C)(C)C)C(C)(C)C.CC(C)(C)[Si]([N]=[V+2])(C(C)(C)C)C(C)(C)C.[CH2-]C(C)(C)[Si]([N][C]([CH]CC)CC)(C(C)(C)C)C(C)(C)C. The van der Waals surface area contributed by atoms with Crippen LogP contribution >= 0.6 is 0 Å². The maximum absolute atomic E-state index is 9.01. The first-order valence-electron chi connectivity index (χ1n) is 19.2. The molecule has 3 radical (unpaired) electrons. The van der Waals surface area contributed by atoms with Crippen LogP contribution in [0.3, 0.4) is 0 Å². The summed E-state index contributed by atoms with van der Waals surface area (Å²) in [4.78, 5) is 5.47. The summed E-state index contributed by atoms with van der Waals surface area (Å²) in [5.74, 6) is 0. The van der Waals surface area contributed by atoms with E-state index in [1.807, 2.05) is 0 Å². The fourth-order valence-corrected chi connectivity index (χ4v) is 38.1. The average Bonchev–Trinajstić information content (AvgIpc) is 2.75. The van der Waals surface area contributed by atoms with E-state index in [1.54, 1.807) is 0 Å². The zero-order valence-corrected chi connectivity index (χ0v) is 43.4. The fraction of sp³-hybridized carbons (Fsp3) is 0.929. The summed E-state index contributed by atoms with van der Waals surface area (Å²) < 4.78 is 4.91. The molecule has 0 aliphatic heterocycles. The van der Waals surface area contributed by atoms with Gasteiger partial charge in [0.05, 0.1) is 0 Å². The monoisotopic (exact) mass is 774 g/mol. The van der Waals surface area contributed by atoms with Crippen LogP contribution < -0.4 is 4.98 Å². The Labute approximate surface area is 325 Å². The molecule has 3 nitrogen and oxygen atoms in total. The van der Waals surface area contributed by atoms with Crippen LogP contribution in [0.25, 0.3) is 5.40 Å². The van der Waals surface area contributed by atoms with Gasteiger partial charge >= 0.3 is 106 Å². The van der Waals surface area contributed by atoms with Crippen molar-refractivity contribution in [1.29, 1.82) is 0 Å². The Morgan fingerprint density at radius 1 is 0.510 bits per heavy atom. The van der Waals surface area contributed by atoms with Crippen LogP contribution in [0.5, 0.6) is 0 Å². The summed E-state index contributed by atoms with van der Waals surface area (Å²) >= 11 is 2.51. The Morgan fingerprint density at radius 3 is 0.837 bits per heavy atom. The summed E-state index contributed by atoms with van der Waals surface area (Å²) in [6, 6.07) is 1.28. The zero-order valence-electron chi connectivity index (χ0n) is 39.0. The predicted octanol–water partition coefficient (Wildman–Crippen LogP) is 16.8. The van der Waals surface area contributed by atoms with Gasteiger partial charge in [-0.05, 0) is 31.2 Å². The second-order valence-corrected chi connectivity index (χ2v) is 42.8. The van der Waals surface area contributed by atoms with Crippen molar-refractivity contribution in [2.45, 2.75) is 252 Å². The molecule has 0 atom stereocenters. The largest absolute Gasteiger partial charge is 0.339 e. The van der Waals surface area contributed by atoms with Gasteiger partial charge in [-0.25, -0.2) is 0 Å². The molecule has 0 aliphatic rings. The van der Waals surface area contributed by atoms with Crippen molar-refractivity contribution in [1.82, 2.24) is 4.98 Å². The van der Waals surface area contributed by atoms with E-state index in [-0.39, 0.29) is 45.3 Å². The second kappa shape index (κ2) is 17.2. The molecule has 0 aromatic rings. The van der Waals surface area contributed by atoms with Gasteiger partial charge in [0.2, 0.25) is 0 Å². The summed E-state index contributed by atoms with van der Waals surface area (Å²) in [7, 11) is -5.96. The van der Waals surface area contributed by atoms with Crippen molar-refractivity contribution in [3.63, 3.8) is 0 Å². The Bertz CT molecular complexity index is 880. The fourth-order valence-electron chi connectivity index (χ4n) is 11.6. The molecule has 1 N–H and O–H groups in total. The minimum Gasteiger partial charge on any atom is -0.339 e. The van der Waals surface area contributed by atoms with Crippen LogP contribution in [0.15, 0.2) is 3.46 Å². The number of rotatable bonds is 7. The maximum atomic E-state index is 9.01. The van der Waals surface area contributed by atoms with Gasteiger partial charge in [-0.15, -0.1) is 0 Å². The first-order chi connectivity index (χ1) is 20.8. The molecule has 0 unspecified atom stereocenters. The van der Waals surface area contributed by atoms with E-state index in [0.717, 1.165) is 12.8 Å². The number of hydrogen-bond donors (Lipinski definition) is 0. The number of nitrogens with zero attached hydrogens (tertiary/aromatic N) is 2. The summed E-state index contributed by atoms with van der Waals surface area (Å²) in [6.45, 7) is 69.1. The molecule has 0 aliphatic carbocycles. The Hall–Kier alpha value is 0.955. The second-order valence-electron chi connectivity index (χ2n) is 23.7. The number of nitrogens with one attached hydrogen (secondary N) is 1. The van der Waals surface area contributed by atoms with Crippen LogP contribution in [-0.4, -0.2) is 24.7 Å². The van der Waals surface area contributed by atoms with Gasteiger partial charge in [0.15, 0.2) is 0 Å². The molecule has 49 heavy (non-hydrogen) atoms. The van der Waals surface area contributed by atoms with Crippen LogP contribution in [0.1, 0.15) is 207 Å². The summed E-state index contributed by atoms with van der Waals surface area (Å²) in [5, 5.41) is 10.6. The smallest absolute Gasteiger partial charge is 0.133 e. The van der Waals surface area contributed by atoms with E-state index in [1.165, 1.54) is 6.04 Å².